The van der Waals surface area contributed by atoms with Crippen molar-refractivity contribution in [3.8, 4) is 0 Å². The van der Waals surface area contributed by atoms with E-state index in [0.717, 1.165) is 28.5 Å². The minimum Gasteiger partial charge on any atom is -0.354 e. The maximum Gasteiger partial charge on any atom is 0.293 e. The van der Waals surface area contributed by atoms with Gasteiger partial charge in [0.2, 0.25) is 5.91 Å². The lowest BCUT2D eigenvalue weighted by Gasteiger charge is -2.53. The molecule has 5 nitrogen and oxygen atoms in total. The quantitative estimate of drug-likeness (QED) is 0.719. The third-order valence-corrected chi connectivity index (χ3v) is 8.14. The highest BCUT2D eigenvalue weighted by Crippen LogP contribution is 2.56. The molecule has 1 saturated heterocycles. The summed E-state index contributed by atoms with van der Waals surface area (Å²) < 4.78 is 13.8. The number of carbonyl (C=O) groups is 3. The van der Waals surface area contributed by atoms with Gasteiger partial charge in [0.05, 0.1) is 4.91 Å². The third kappa shape index (κ3) is 3.57. The second kappa shape index (κ2) is 7.84. The Hall–Kier alpha value is -2.15. The second-order valence-electron chi connectivity index (χ2n) is 9.10. The standard InChI is InChI=1S/C23H25FN2O3S/c24-18-4-2-1-3-15(18)12-19-22(28)26(23(29)30-19)6-5-25-21(27)20-16-8-13-7-14(10-16)11-17(20)9-13/h1-4,12-14,16-17,20H,5-11H2,(H,25,27). The highest BCUT2D eigenvalue weighted by molar-refractivity contribution is 8.18. The van der Waals surface area contributed by atoms with E-state index in [2.05, 4.69) is 5.32 Å². The van der Waals surface area contributed by atoms with Crippen molar-refractivity contribution in [1.82, 2.24) is 10.2 Å². The fourth-order valence-electron chi connectivity index (χ4n) is 6.19. The fraction of sp³-hybridized carbons (Fsp3) is 0.522. The Bertz CT molecular complexity index is 903. The number of imide groups is 1. The van der Waals surface area contributed by atoms with Crippen molar-refractivity contribution in [2.45, 2.75) is 32.1 Å². The molecular formula is C23H25FN2O3S. The number of thioether (sulfide) groups is 1. The number of rotatable bonds is 5. The van der Waals surface area contributed by atoms with Crippen molar-refractivity contribution in [2.75, 3.05) is 13.1 Å². The number of nitrogens with one attached hydrogen (secondary N) is 1. The Morgan fingerprint density at radius 1 is 1.10 bits per heavy atom. The second-order valence-corrected chi connectivity index (χ2v) is 10.1. The lowest BCUT2D eigenvalue weighted by Crippen LogP contribution is -2.51. The summed E-state index contributed by atoms with van der Waals surface area (Å²) in [5.41, 5.74) is 0.276. The molecule has 6 rings (SSSR count). The molecule has 0 radical (unpaired) electrons. The molecule has 5 fully saturated rings. The minimum atomic E-state index is -0.438. The minimum absolute atomic E-state index is 0.0812. The van der Waals surface area contributed by atoms with Gasteiger partial charge in [-0.1, -0.05) is 18.2 Å². The fourth-order valence-corrected chi connectivity index (χ4v) is 7.04. The summed E-state index contributed by atoms with van der Waals surface area (Å²) in [6.07, 6.45) is 7.46. The van der Waals surface area contributed by atoms with Crippen LogP contribution in [0, 0.1) is 35.4 Å². The molecule has 1 aliphatic heterocycles. The van der Waals surface area contributed by atoms with Crippen molar-refractivity contribution >= 4 is 34.9 Å². The first kappa shape index (κ1) is 19.8. The van der Waals surface area contributed by atoms with E-state index in [1.807, 2.05) is 0 Å². The molecular weight excluding hydrogens is 403 g/mol. The number of benzene rings is 1. The monoisotopic (exact) mass is 428 g/mol. The van der Waals surface area contributed by atoms with Crippen LogP contribution in [0.25, 0.3) is 6.08 Å². The SMILES string of the molecule is O=C(NCCN1C(=O)SC(=Cc2ccccc2F)C1=O)C1C2CC3CC(C2)CC1C3. The van der Waals surface area contributed by atoms with E-state index in [1.54, 1.807) is 18.2 Å². The number of hydrogen-bond acceptors (Lipinski definition) is 4. The molecule has 4 aliphatic carbocycles. The van der Waals surface area contributed by atoms with Crippen molar-refractivity contribution < 1.29 is 18.8 Å². The van der Waals surface area contributed by atoms with Crippen LogP contribution in [0.2, 0.25) is 0 Å². The van der Waals surface area contributed by atoms with Gasteiger partial charge in [-0.3, -0.25) is 19.3 Å². The molecule has 4 bridgehead atoms. The number of halogens is 1. The molecule has 1 N–H and O–H groups in total. The van der Waals surface area contributed by atoms with Crippen LogP contribution in [-0.4, -0.2) is 35.0 Å². The van der Waals surface area contributed by atoms with Gasteiger partial charge in [0.15, 0.2) is 0 Å². The van der Waals surface area contributed by atoms with E-state index >= 15 is 0 Å². The third-order valence-electron chi connectivity index (χ3n) is 7.23. The highest BCUT2D eigenvalue weighted by Gasteiger charge is 2.50. The number of amides is 3. The predicted octanol–water partition coefficient (Wildman–Crippen LogP) is 4.05. The van der Waals surface area contributed by atoms with E-state index in [4.69, 9.17) is 0 Å². The first-order chi connectivity index (χ1) is 14.5. The van der Waals surface area contributed by atoms with E-state index in [0.29, 0.717) is 11.8 Å². The Balaban J connectivity index is 1.18. The van der Waals surface area contributed by atoms with Gasteiger partial charge in [0, 0.05) is 24.6 Å². The average Bonchev–Trinajstić information content (AvgIpc) is 2.96. The summed E-state index contributed by atoms with van der Waals surface area (Å²) in [6, 6.07) is 6.13. The van der Waals surface area contributed by atoms with E-state index in [1.165, 1.54) is 44.2 Å². The lowest BCUT2D eigenvalue weighted by atomic mass is 9.51. The molecule has 4 saturated carbocycles. The van der Waals surface area contributed by atoms with Crippen molar-refractivity contribution in [3.05, 3.63) is 40.6 Å². The molecule has 0 aromatic heterocycles. The van der Waals surface area contributed by atoms with Crippen LogP contribution in [0.3, 0.4) is 0 Å². The highest BCUT2D eigenvalue weighted by atomic mass is 32.2. The molecule has 1 heterocycles. The molecule has 7 heteroatoms. The van der Waals surface area contributed by atoms with Gasteiger partial charge < -0.3 is 5.32 Å². The summed E-state index contributed by atoms with van der Waals surface area (Å²) in [5.74, 6) is 1.93. The van der Waals surface area contributed by atoms with Gasteiger partial charge in [0.1, 0.15) is 5.82 Å². The summed E-state index contributed by atoms with van der Waals surface area (Å²) in [4.78, 5) is 39.1. The van der Waals surface area contributed by atoms with Crippen LogP contribution in [0.4, 0.5) is 9.18 Å². The van der Waals surface area contributed by atoms with Gasteiger partial charge in [-0.05, 0) is 79.7 Å². The number of hydrogen-bond donors (Lipinski definition) is 1. The van der Waals surface area contributed by atoms with Crippen LogP contribution in [0.15, 0.2) is 29.2 Å². The van der Waals surface area contributed by atoms with Gasteiger partial charge in [-0.15, -0.1) is 0 Å². The average molecular weight is 429 g/mol. The van der Waals surface area contributed by atoms with Gasteiger partial charge in [-0.25, -0.2) is 4.39 Å². The Morgan fingerprint density at radius 3 is 2.43 bits per heavy atom. The largest absolute Gasteiger partial charge is 0.354 e. The normalized spacial score (nSPS) is 33.6. The van der Waals surface area contributed by atoms with Crippen LogP contribution in [0.1, 0.15) is 37.7 Å². The van der Waals surface area contributed by atoms with Crippen molar-refractivity contribution in [1.29, 1.82) is 0 Å². The predicted molar refractivity (Wildman–Crippen MR) is 113 cm³/mol. The van der Waals surface area contributed by atoms with Gasteiger partial charge >= 0.3 is 0 Å². The molecule has 0 unspecified atom stereocenters. The topological polar surface area (TPSA) is 66.5 Å². The maximum absolute atomic E-state index is 13.8. The first-order valence-electron chi connectivity index (χ1n) is 10.8. The van der Waals surface area contributed by atoms with Crippen molar-refractivity contribution in [2.24, 2.45) is 29.6 Å². The van der Waals surface area contributed by atoms with Gasteiger partial charge in [0.25, 0.3) is 11.1 Å². The lowest BCUT2D eigenvalue weighted by molar-refractivity contribution is -0.138. The zero-order valence-electron chi connectivity index (χ0n) is 16.7. The number of nitrogens with zero attached hydrogens (tertiary/aromatic N) is 1. The Labute approximate surface area is 179 Å². The molecule has 1 aromatic rings. The molecule has 1 aromatic carbocycles. The zero-order chi connectivity index (χ0) is 20.8. The molecule has 3 amide bonds. The van der Waals surface area contributed by atoms with Crippen LogP contribution >= 0.6 is 11.8 Å². The van der Waals surface area contributed by atoms with E-state index in [9.17, 15) is 18.8 Å². The van der Waals surface area contributed by atoms with Gasteiger partial charge in [-0.2, -0.15) is 0 Å². The summed E-state index contributed by atoms with van der Waals surface area (Å²) >= 11 is 0.810. The molecule has 30 heavy (non-hydrogen) atoms. The molecule has 0 atom stereocenters. The maximum atomic E-state index is 13.8. The number of carbonyl (C=O) groups excluding carboxylic acids is 3. The molecule has 5 aliphatic rings. The van der Waals surface area contributed by atoms with Crippen LogP contribution < -0.4 is 5.32 Å². The van der Waals surface area contributed by atoms with E-state index < -0.39 is 11.7 Å². The smallest absolute Gasteiger partial charge is 0.293 e. The Kier molecular flexibility index (Phi) is 5.17. The summed E-state index contributed by atoms with van der Waals surface area (Å²) in [5, 5.41) is 2.60. The van der Waals surface area contributed by atoms with Crippen molar-refractivity contribution in [3.63, 3.8) is 0 Å². The first-order valence-corrected chi connectivity index (χ1v) is 11.6. The van der Waals surface area contributed by atoms with Crippen LogP contribution in [0.5, 0.6) is 0 Å². The van der Waals surface area contributed by atoms with E-state index in [-0.39, 0.29) is 40.6 Å². The Morgan fingerprint density at radius 2 is 1.77 bits per heavy atom. The molecule has 158 valence electrons. The zero-order valence-corrected chi connectivity index (χ0v) is 17.5. The van der Waals surface area contributed by atoms with Crippen LogP contribution in [-0.2, 0) is 9.59 Å². The summed E-state index contributed by atoms with van der Waals surface area (Å²) in [7, 11) is 0. The summed E-state index contributed by atoms with van der Waals surface area (Å²) in [6.45, 7) is 0.394. The molecule has 0 spiro atoms.